The van der Waals surface area contributed by atoms with Crippen molar-refractivity contribution in [1.82, 2.24) is 19.3 Å². The van der Waals surface area contributed by atoms with E-state index < -0.39 is 0 Å². The minimum Gasteiger partial charge on any atom is -0.509 e. The summed E-state index contributed by atoms with van der Waals surface area (Å²) in [5.74, 6) is 2.13. The molecule has 3 aromatic heterocycles. The fourth-order valence-corrected chi connectivity index (χ4v) is 6.91. The summed E-state index contributed by atoms with van der Waals surface area (Å²) in [4.78, 5) is 4.72. The first-order valence-corrected chi connectivity index (χ1v) is 17.8. The van der Waals surface area contributed by atoms with E-state index in [1.165, 1.54) is 22.4 Å². The molecule has 5 nitrogen and oxygen atoms in total. The molecule has 0 atom stereocenters. The third kappa shape index (κ3) is 7.07. The summed E-state index contributed by atoms with van der Waals surface area (Å²) >= 11 is 0. The number of nitrogens with zero attached hydrogens (tertiary/aromatic N) is 4. The van der Waals surface area contributed by atoms with Crippen LogP contribution in [0.25, 0.3) is 44.4 Å². The molecule has 0 radical (unpaired) electrons. The van der Waals surface area contributed by atoms with Gasteiger partial charge in [0.15, 0.2) is 0 Å². The van der Waals surface area contributed by atoms with Gasteiger partial charge in [-0.3, -0.25) is 4.68 Å². The van der Waals surface area contributed by atoms with Crippen LogP contribution in [0.3, 0.4) is 0 Å². The van der Waals surface area contributed by atoms with Gasteiger partial charge in [0, 0.05) is 34.5 Å². The second-order valence-electron chi connectivity index (χ2n) is 13.1. The van der Waals surface area contributed by atoms with Crippen molar-refractivity contribution in [3.05, 3.63) is 131 Å². The van der Waals surface area contributed by atoms with E-state index in [1.54, 1.807) is 0 Å². The normalized spacial score (nSPS) is 11.3. The van der Waals surface area contributed by atoms with Crippen LogP contribution in [0.2, 0.25) is 0 Å². The Kier molecular flexibility index (Phi) is 11.0. The van der Waals surface area contributed by atoms with Gasteiger partial charge in [-0.25, -0.2) is 4.98 Å². The number of ether oxygens (including phenoxy) is 1. The van der Waals surface area contributed by atoms with Gasteiger partial charge in [0.25, 0.3) is 0 Å². The number of benzene rings is 4. The van der Waals surface area contributed by atoms with Crippen molar-refractivity contribution in [1.29, 1.82) is 0 Å². The quantitative estimate of drug-likeness (QED) is 0.115. The molecule has 7 aromatic rings. The van der Waals surface area contributed by atoms with Crippen LogP contribution < -0.4 is 4.74 Å². The van der Waals surface area contributed by atoms with Crippen LogP contribution in [-0.4, -0.2) is 19.3 Å². The molecule has 7 rings (SSSR count). The first-order valence-electron chi connectivity index (χ1n) is 17.8. The first kappa shape index (κ1) is 35.4. The first-order chi connectivity index (χ1) is 24.0. The van der Waals surface area contributed by atoms with Crippen LogP contribution in [0.15, 0.2) is 91.1 Å². The molecule has 6 heteroatoms. The molecule has 0 saturated heterocycles. The molecular weight excluding hydrogens is 796 g/mol. The van der Waals surface area contributed by atoms with Gasteiger partial charge in [-0.1, -0.05) is 94.9 Å². The number of aromatic nitrogens is 4. The van der Waals surface area contributed by atoms with Crippen LogP contribution >= 0.6 is 0 Å². The molecule has 0 bridgehead atoms. The van der Waals surface area contributed by atoms with Gasteiger partial charge in [0.05, 0.1) is 5.69 Å². The van der Waals surface area contributed by atoms with E-state index in [-0.39, 0.29) is 21.1 Å². The molecule has 0 spiro atoms. The molecule has 0 aliphatic rings. The molecule has 0 saturated carbocycles. The Hall–Kier alpha value is -4.47. The average Bonchev–Trinajstić information content (AvgIpc) is 3.63. The van der Waals surface area contributed by atoms with Crippen LogP contribution in [0.5, 0.6) is 11.5 Å². The zero-order valence-electron chi connectivity index (χ0n) is 29.6. The van der Waals surface area contributed by atoms with Crippen molar-refractivity contribution in [2.45, 2.75) is 79.6 Å². The van der Waals surface area contributed by atoms with Crippen LogP contribution in [0, 0.1) is 26.0 Å². The predicted molar refractivity (Wildman–Crippen MR) is 201 cm³/mol. The van der Waals surface area contributed by atoms with E-state index in [2.05, 4.69) is 123 Å². The van der Waals surface area contributed by atoms with Crippen LogP contribution in [-0.2, 0) is 40.3 Å². The number of unbranched alkanes of at least 4 members (excludes halogenated alkanes) is 1. The monoisotopic (exact) mass is 839 g/mol. The summed E-state index contributed by atoms with van der Waals surface area (Å²) in [6.07, 6.45) is 9.20. The molecule has 3 heterocycles. The number of aryl methyl sites for hydroxylation is 4. The Morgan fingerprint density at radius 2 is 1.52 bits per heavy atom. The van der Waals surface area contributed by atoms with E-state index in [0.29, 0.717) is 11.5 Å². The van der Waals surface area contributed by atoms with Gasteiger partial charge in [0.2, 0.25) is 0 Å². The second kappa shape index (κ2) is 15.6. The number of pyridine rings is 1. The van der Waals surface area contributed by atoms with Crippen molar-refractivity contribution in [3.8, 4) is 34.1 Å². The van der Waals surface area contributed by atoms with Gasteiger partial charge >= 0.3 is 21.1 Å². The van der Waals surface area contributed by atoms with Crippen molar-refractivity contribution < 1.29 is 25.8 Å². The van der Waals surface area contributed by atoms with Crippen LogP contribution in [0.4, 0.5) is 0 Å². The molecule has 0 aliphatic heterocycles. The molecule has 0 N–H and O–H groups in total. The Morgan fingerprint density at radius 3 is 2.28 bits per heavy atom. The summed E-state index contributed by atoms with van der Waals surface area (Å²) < 4.78 is 10.9. The summed E-state index contributed by atoms with van der Waals surface area (Å²) in [6, 6.07) is 37.2. The molecule has 0 fully saturated rings. The Labute approximate surface area is 310 Å². The topological polar surface area (TPSA) is 44.9 Å². The fraction of sp³-hybridized carbons (Fsp3) is 0.273. The van der Waals surface area contributed by atoms with Gasteiger partial charge < -0.3 is 9.30 Å². The average molecular weight is 840 g/mol. The zero-order chi connectivity index (χ0) is 33.9. The van der Waals surface area contributed by atoms with E-state index in [1.807, 2.05) is 24.4 Å². The Bertz CT molecular complexity index is 2250. The molecule has 0 aliphatic carbocycles. The molecular formula is C44H44N4OPt. The maximum absolute atomic E-state index is 6.58. The summed E-state index contributed by atoms with van der Waals surface area (Å²) in [5.41, 5.74) is 11.4. The van der Waals surface area contributed by atoms with Crippen molar-refractivity contribution in [2.75, 3.05) is 0 Å². The van der Waals surface area contributed by atoms with E-state index >= 15 is 0 Å². The molecule has 50 heavy (non-hydrogen) atoms. The van der Waals surface area contributed by atoms with E-state index in [0.717, 1.165) is 95.1 Å². The minimum absolute atomic E-state index is 0. The summed E-state index contributed by atoms with van der Waals surface area (Å²) in [6.45, 7) is 10.9. The largest absolute Gasteiger partial charge is 2.00 e. The summed E-state index contributed by atoms with van der Waals surface area (Å²) in [7, 11) is 0. The number of hydrogen-bond donors (Lipinski definition) is 0. The molecule has 0 unspecified atom stereocenters. The zero-order valence-corrected chi connectivity index (χ0v) is 31.9. The fourth-order valence-electron chi connectivity index (χ4n) is 6.91. The third-order valence-electron chi connectivity index (χ3n) is 9.20. The Morgan fingerprint density at radius 1 is 0.720 bits per heavy atom. The van der Waals surface area contributed by atoms with Gasteiger partial charge in [0.1, 0.15) is 5.82 Å². The molecule has 4 aromatic carbocycles. The second-order valence-corrected chi connectivity index (χ2v) is 13.1. The summed E-state index contributed by atoms with van der Waals surface area (Å²) in [5, 5.41) is 7.54. The minimum atomic E-state index is 0. The number of hydrogen-bond acceptors (Lipinski definition) is 3. The molecule has 256 valence electrons. The molecule has 0 amide bonds. The third-order valence-corrected chi connectivity index (χ3v) is 9.20. The Balaban J connectivity index is 0.00000432. The van der Waals surface area contributed by atoms with Crippen molar-refractivity contribution in [2.24, 2.45) is 0 Å². The maximum Gasteiger partial charge on any atom is 2.00 e. The maximum atomic E-state index is 6.58. The van der Waals surface area contributed by atoms with E-state index in [4.69, 9.17) is 14.8 Å². The van der Waals surface area contributed by atoms with E-state index in [9.17, 15) is 0 Å². The standard InChI is InChI=1S/C44H44N4O.Pt/c1-6-9-15-41-44(33-19-17-32(12-7-2)18-20-33)39(13-8-3)46-48(41)34-25-31(5)26-36(28-34)49-35-21-22-38-37-14-10-11-16-40(37)47(42(38)29-35)43-27-30(4)23-24-45-43;/h10-11,14,16-27H,6-9,12-13,15H2,1-5H3;/q-2;+2. The van der Waals surface area contributed by atoms with Crippen molar-refractivity contribution >= 4 is 21.8 Å². The number of rotatable bonds is 12. The number of fused-ring (bicyclic) bond motifs is 3. The SMILES string of the molecule is CCCCc1c(-c2ccc(CCC)cc2)c(CCC)nn1-c1[c-]c(Oc2[c-]c3c(cc2)c2ccccc2n3-c2cc(C)ccn2)cc(C)c1.[Pt+2]. The van der Waals surface area contributed by atoms with Gasteiger partial charge in [-0.15, -0.1) is 35.7 Å². The predicted octanol–water partition coefficient (Wildman–Crippen LogP) is 11.3. The van der Waals surface area contributed by atoms with Gasteiger partial charge in [-0.2, -0.15) is 16.7 Å². The number of para-hydroxylation sites is 1. The smallest absolute Gasteiger partial charge is 0.509 e. The van der Waals surface area contributed by atoms with Crippen molar-refractivity contribution in [3.63, 3.8) is 0 Å². The van der Waals surface area contributed by atoms with Gasteiger partial charge in [-0.05, 0) is 78.6 Å². The van der Waals surface area contributed by atoms with Crippen LogP contribution in [0.1, 0.15) is 74.5 Å².